The van der Waals surface area contributed by atoms with Crippen LogP contribution in [0.4, 0.5) is 11.4 Å². The van der Waals surface area contributed by atoms with E-state index in [9.17, 15) is 14.9 Å². The second kappa shape index (κ2) is 6.51. The third-order valence-corrected chi connectivity index (χ3v) is 3.00. The molecule has 0 aliphatic rings. The van der Waals surface area contributed by atoms with E-state index in [2.05, 4.69) is 5.32 Å². The monoisotopic (exact) mass is 286 g/mol. The molecule has 0 fully saturated rings. The van der Waals surface area contributed by atoms with Crippen molar-refractivity contribution in [2.24, 2.45) is 0 Å². The van der Waals surface area contributed by atoms with Crippen LogP contribution < -0.4 is 5.32 Å². The molecule has 0 saturated heterocycles. The summed E-state index contributed by atoms with van der Waals surface area (Å²) >= 11 is 0. The number of rotatable bonds is 6. The molecule has 2 N–H and O–H groups in total. The molecule has 21 heavy (non-hydrogen) atoms. The number of non-ortho nitro benzene ring substituents is 1. The van der Waals surface area contributed by atoms with Crippen molar-refractivity contribution in [1.82, 2.24) is 0 Å². The van der Waals surface area contributed by atoms with Crippen molar-refractivity contribution in [1.29, 1.82) is 0 Å². The molecule has 0 saturated carbocycles. The summed E-state index contributed by atoms with van der Waals surface area (Å²) in [6.45, 7) is 0.605. The molecule has 0 aromatic heterocycles. The Balaban J connectivity index is 1.90. The van der Waals surface area contributed by atoms with E-state index in [4.69, 9.17) is 5.11 Å². The van der Waals surface area contributed by atoms with Crippen LogP contribution in [0.1, 0.15) is 15.9 Å². The fraction of sp³-hybridized carbons (Fsp3) is 0.133. The van der Waals surface area contributed by atoms with Gasteiger partial charge >= 0.3 is 5.97 Å². The minimum atomic E-state index is -0.948. The molecule has 0 spiro atoms. The summed E-state index contributed by atoms with van der Waals surface area (Å²) in [4.78, 5) is 21.0. The molecule has 0 aliphatic carbocycles. The number of carboxylic acids is 1. The molecule has 0 radical (unpaired) electrons. The Bertz CT molecular complexity index is 653. The third-order valence-electron chi connectivity index (χ3n) is 3.00. The second-order valence-electron chi connectivity index (χ2n) is 4.49. The number of carbonyl (C=O) groups is 1. The van der Waals surface area contributed by atoms with E-state index in [1.165, 1.54) is 12.1 Å². The largest absolute Gasteiger partial charge is 0.478 e. The van der Waals surface area contributed by atoms with Crippen molar-refractivity contribution >= 4 is 17.3 Å². The van der Waals surface area contributed by atoms with E-state index in [1.54, 1.807) is 36.4 Å². The van der Waals surface area contributed by atoms with Gasteiger partial charge in [0.1, 0.15) is 0 Å². The van der Waals surface area contributed by atoms with E-state index in [0.717, 1.165) is 5.56 Å². The summed E-state index contributed by atoms with van der Waals surface area (Å²) in [7, 11) is 0. The molecular formula is C15H14N2O4. The molecule has 0 amide bonds. The number of nitro benzene ring substituents is 1. The highest BCUT2D eigenvalue weighted by Gasteiger charge is 2.05. The van der Waals surface area contributed by atoms with Crippen LogP contribution in [-0.4, -0.2) is 22.5 Å². The van der Waals surface area contributed by atoms with Crippen LogP contribution in [0.2, 0.25) is 0 Å². The van der Waals surface area contributed by atoms with Crippen molar-refractivity contribution in [3.63, 3.8) is 0 Å². The Morgan fingerprint density at radius 2 is 1.90 bits per heavy atom. The molecular weight excluding hydrogens is 272 g/mol. The standard InChI is InChI=1S/C15H14N2O4/c18-15(19)12-6-4-11(5-7-12)8-9-16-13-2-1-3-14(10-13)17(20)21/h1-7,10,16H,8-9H2,(H,18,19). The van der Waals surface area contributed by atoms with Crippen LogP contribution >= 0.6 is 0 Å². The number of carboxylic acid groups (broad SMARTS) is 1. The Labute approximate surface area is 121 Å². The van der Waals surface area contributed by atoms with Crippen LogP contribution in [-0.2, 0) is 6.42 Å². The highest BCUT2D eigenvalue weighted by atomic mass is 16.6. The molecule has 2 aromatic carbocycles. The lowest BCUT2D eigenvalue weighted by atomic mass is 10.1. The van der Waals surface area contributed by atoms with E-state index < -0.39 is 10.9 Å². The van der Waals surface area contributed by atoms with E-state index in [-0.39, 0.29) is 11.3 Å². The summed E-state index contributed by atoms with van der Waals surface area (Å²) in [5.41, 5.74) is 1.99. The van der Waals surface area contributed by atoms with E-state index >= 15 is 0 Å². The number of aromatic carboxylic acids is 1. The molecule has 2 rings (SSSR count). The number of hydrogen-bond donors (Lipinski definition) is 2. The maximum atomic E-state index is 10.7. The minimum Gasteiger partial charge on any atom is -0.478 e. The van der Waals surface area contributed by atoms with Crippen LogP contribution in [0.5, 0.6) is 0 Å². The van der Waals surface area contributed by atoms with E-state index in [0.29, 0.717) is 18.7 Å². The number of anilines is 1. The van der Waals surface area contributed by atoms with Crippen molar-refractivity contribution in [3.8, 4) is 0 Å². The Kier molecular flexibility index (Phi) is 4.50. The predicted molar refractivity (Wildman–Crippen MR) is 78.7 cm³/mol. The average molecular weight is 286 g/mol. The second-order valence-corrected chi connectivity index (χ2v) is 4.49. The maximum absolute atomic E-state index is 10.7. The van der Waals surface area contributed by atoms with Crippen LogP contribution in [0.15, 0.2) is 48.5 Å². The van der Waals surface area contributed by atoms with Gasteiger partial charge in [0.25, 0.3) is 5.69 Å². The maximum Gasteiger partial charge on any atom is 0.335 e. The van der Waals surface area contributed by atoms with Gasteiger partial charge in [-0.15, -0.1) is 0 Å². The lowest BCUT2D eigenvalue weighted by molar-refractivity contribution is -0.384. The summed E-state index contributed by atoms with van der Waals surface area (Å²) in [5, 5.41) is 22.6. The first-order valence-corrected chi connectivity index (χ1v) is 6.37. The zero-order valence-electron chi connectivity index (χ0n) is 11.2. The first-order valence-electron chi connectivity index (χ1n) is 6.37. The molecule has 6 heteroatoms. The zero-order chi connectivity index (χ0) is 15.2. The smallest absolute Gasteiger partial charge is 0.335 e. The molecule has 0 bridgehead atoms. The number of nitrogens with zero attached hydrogens (tertiary/aromatic N) is 1. The van der Waals surface area contributed by atoms with Gasteiger partial charge in [0.05, 0.1) is 10.5 Å². The number of nitrogens with one attached hydrogen (secondary N) is 1. The number of benzene rings is 2. The first kappa shape index (κ1) is 14.5. The molecule has 0 heterocycles. The van der Waals surface area contributed by atoms with Crippen molar-refractivity contribution in [3.05, 3.63) is 69.8 Å². The van der Waals surface area contributed by atoms with Crippen LogP contribution in [0, 0.1) is 10.1 Å². The number of hydrogen-bond acceptors (Lipinski definition) is 4. The molecule has 0 aliphatic heterocycles. The summed E-state index contributed by atoms with van der Waals surface area (Å²) in [6, 6.07) is 13.0. The summed E-state index contributed by atoms with van der Waals surface area (Å²) < 4.78 is 0. The Hall–Kier alpha value is -2.89. The van der Waals surface area contributed by atoms with Gasteiger partial charge in [0, 0.05) is 24.4 Å². The van der Waals surface area contributed by atoms with Crippen LogP contribution in [0.3, 0.4) is 0 Å². The lowest BCUT2D eigenvalue weighted by Crippen LogP contribution is -2.05. The fourth-order valence-corrected chi connectivity index (χ4v) is 1.89. The van der Waals surface area contributed by atoms with Gasteiger partial charge in [-0.25, -0.2) is 4.79 Å². The summed E-state index contributed by atoms with van der Waals surface area (Å²) in [5.74, 6) is -0.948. The summed E-state index contributed by atoms with van der Waals surface area (Å²) in [6.07, 6.45) is 0.697. The van der Waals surface area contributed by atoms with Crippen molar-refractivity contribution in [2.45, 2.75) is 6.42 Å². The Morgan fingerprint density at radius 1 is 1.19 bits per heavy atom. The van der Waals surface area contributed by atoms with Gasteiger partial charge in [-0.3, -0.25) is 10.1 Å². The highest BCUT2D eigenvalue weighted by molar-refractivity contribution is 5.87. The third kappa shape index (κ3) is 4.04. The quantitative estimate of drug-likeness (QED) is 0.629. The van der Waals surface area contributed by atoms with Gasteiger partial charge in [0.15, 0.2) is 0 Å². The van der Waals surface area contributed by atoms with Gasteiger partial charge < -0.3 is 10.4 Å². The van der Waals surface area contributed by atoms with Crippen molar-refractivity contribution in [2.75, 3.05) is 11.9 Å². The SMILES string of the molecule is O=C(O)c1ccc(CCNc2cccc([N+](=O)[O-])c2)cc1. The molecule has 0 atom stereocenters. The number of nitro groups is 1. The fourth-order valence-electron chi connectivity index (χ4n) is 1.89. The lowest BCUT2D eigenvalue weighted by Gasteiger charge is -2.06. The van der Waals surface area contributed by atoms with Crippen LogP contribution in [0.25, 0.3) is 0 Å². The molecule has 0 unspecified atom stereocenters. The highest BCUT2D eigenvalue weighted by Crippen LogP contribution is 2.17. The molecule has 6 nitrogen and oxygen atoms in total. The topological polar surface area (TPSA) is 92.5 Å². The minimum absolute atomic E-state index is 0.0470. The predicted octanol–water partition coefficient (Wildman–Crippen LogP) is 2.95. The van der Waals surface area contributed by atoms with Gasteiger partial charge in [-0.1, -0.05) is 18.2 Å². The van der Waals surface area contributed by atoms with Gasteiger partial charge in [0.2, 0.25) is 0 Å². The Morgan fingerprint density at radius 3 is 2.52 bits per heavy atom. The zero-order valence-corrected chi connectivity index (χ0v) is 11.2. The van der Waals surface area contributed by atoms with Gasteiger partial charge in [-0.2, -0.15) is 0 Å². The first-order chi connectivity index (χ1) is 10.1. The van der Waals surface area contributed by atoms with E-state index in [1.807, 2.05) is 0 Å². The molecule has 108 valence electrons. The van der Waals surface area contributed by atoms with Gasteiger partial charge in [-0.05, 0) is 30.2 Å². The average Bonchev–Trinajstić information content (AvgIpc) is 2.48. The normalized spacial score (nSPS) is 10.1. The van der Waals surface area contributed by atoms with Crippen molar-refractivity contribution < 1.29 is 14.8 Å². The molecule has 2 aromatic rings.